The first-order valence-electron chi connectivity index (χ1n) is 8.45. The van der Waals surface area contributed by atoms with Crippen LogP contribution in [-0.4, -0.2) is 33.4 Å². The first kappa shape index (κ1) is 21.9. The topological polar surface area (TPSA) is 102 Å². The number of hydrogen-bond acceptors (Lipinski definition) is 5. The van der Waals surface area contributed by atoms with Gasteiger partial charge in [0.15, 0.2) is 6.61 Å². The molecule has 0 saturated heterocycles. The maximum atomic E-state index is 12.1. The summed E-state index contributed by atoms with van der Waals surface area (Å²) in [7, 11) is -3.70. The Morgan fingerprint density at radius 3 is 2.43 bits per heavy atom. The molecule has 0 heterocycles. The average Bonchev–Trinajstić information content (AvgIpc) is 2.63. The summed E-state index contributed by atoms with van der Waals surface area (Å²) >= 11 is 5.88. The molecule has 0 fully saturated rings. The van der Waals surface area contributed by atoms with Gasteiger partial charge in [-0.25, -0.2) is 13.1 Å². The number of carbonyl (C=O) groups excluding carboxylic acids is 2. The minimum Gasteiger partial charge on any atom is -0.456 e. The van der Waals surface area contributed by atoms with Gasteiger partial charge < -0.3 is 10.1 Å². The Bertz CT molecular complexity index is 959. The van der Waals surface area contributed by atoms with Crippen molar-refractivity contribution in [1.82, 2.24) is 4.72 Å². The molecule has 9 heteroatoms. The van der Waals surface area contributed by atoms with Gasteiger partial charge in [0.05, 0.1) is 11.3 Å². The van der Waals surface area contributed by atoms with Gasteiger partial charge >= 0.3 is 5.97 Å². The molecule has 150 valence electrons. The highest BCUT2D eigenvalue weighted by Gasteiger charge is 2.15. The predicted molar refractivity (Wildman–Crippen MR) is 107 cm³/mol. The Morgan fingerprint density at radius 2 is 1.75 bits per heavy atom. The van der Waals surface area contributed by atoms with E-state index in [1.54, 1.807) is 37.3 Å². The van der Waals surface area contributed by atoms with Crippen LogP contribution >= 0.6 is 11.6 Å². The standard InChI is InChI=1S/C19H21ClN2O5S/c1-13-3-7-16(8-4-13)28(25,26)21-10-9-19(24)27-12-18(23)22-17-11-15(20)6-5-14(17)2/h3-8,11,21H,9-10,12H2,1-2H3,(H,22,23). The number of amides is 1. The van der Waals surface area contributed by atoms with Gasteiger partial charge in [-0.1, -0.05) is 35.4 Å². The third kappa shape index (κ3) is 6.63. The van der Waals surface area contributed by atoms with Crippen LogP contribution in [0.4, 0.5) is 5.69 Å². The second kappa shape index (κ2) is 9.68. The van der Waals surface area contributed by atoms with Crippen molar-refractivity contribution in [2.45, 2.75) is 25.2 Å². The van der Waals surface area contributed by atoms with Crippen molar-refractivity contribution in [2.75, 3.05) is 18.5 Å². The first-order valence-corrected chi connectivity index (χ1v) is 10.3. The number of sulfonamides is 1. The van der Waals surface area contributed by atoms with Gasteiger partial charge in [0, 0.05) is 17.3 Å². The molecule has 2 N–H and O–H groups in total. The lowest BCUT2D eigenvalue weighted by Gasteiger charge is -2.10. The smallest absolute Gasteiger partial charge is 0.307 e. The van der Waals surface area contributed by atoms with E-state index in [4.69, 9.17) is 16.3 Å². The minimum absolute atomic E-state index is 0.114. The van der Waals surface area contributed by atoms with Crippen LogP contribution in [0.25, 0.3) is 0 Å². The molecule has 0 aromatic heterocycles. The zero-order chi connectivity index (χ0) is 20.7. The highest BCUT2D eigenvalue weighted by atomic mass is 35.5. The van der Waals surface area contributed by atoms with Crippen LogP contribution in [-0.2, 0) is 24.3 Å². The highest BCUT2D eigenvalue weighted by Crippen LogP contribution is 2.20. The molecule has 28 heavy (non-hydrogen) atoms. The maximum Gasteiger partial charge on any atom is 0.307 e. The lowest BCUT2D eigenvalue weighted by Crippen LogP contribution is -2.28. The first-order chi connectivity index (χ1) is 13.2. The number of aryl methyl sites for hydroxylation is 2. The summed E-state index contributed by atoms with van der Waals surface area (Å²) in [5.74, 6) is -1.21. The van der Waals surface area contributed by atoms with Gasteiger partial charge in [0.1, 0.15) is 0 Å². The van der Waals surface area contributed by atoms with Crippen molar-refractivity contribution in [3.8, 4) is 0 Å². The van der Waals surface area contributed by atoms with Crippen LogP contribution in [0.1, 0.15) is 17.5 Å². The Balaban J connectivity index is 1.75. The Kier molecular flexibility index (Phi) is 7.56. The number of carbonyl (C=O) groups is 2. The summed E-state index contributed by atoms with van der Waals surface area (Å²) in [6.07, 6.45) is -0.200. The van der Waals surface area contributed by atoms with E-state index in [0.29, 0.717) is 10.7 Å². The molecule has 2 aromatic carbocycles. The summed E-state index contributed by atoms with van der Waals surface area (Å²) in [5.41, 5.74) is 2.28. The lowest BCUT2D eigenvalue weighted by atomic mass is 10.2. The van der Waals surface area contributed by atoms with Crippen LogP contribution in [0.2, 0.25) is 5.02 Å². The maximum absolute atomic E-state index is 12.1. The van der Waals surface area contributed by atoms with E-state index in [0.717, 1.165) is 11.1 Å². The molecule has 0 aliphatic carbocycles. The van der Waals surface area contributed by atoms with E-state index in [1.165, 1.54) is 12.1 Å². The molecular weight excluding hydrogens is 404 g/mol. The number of anilines is 1. The van der Waals surface area contributed by atoms with Gasteiger partial charge in [0.25, 0.3) is 5.91 Å². The van der Waals surface area contributed by atoms with Crippen molar-refractivity contribution >= 4 is 39.2 Å². The van der Waals surface area contributed by atoms with Crippen LogP contribution in [0.5, 0.6) is 0 Å². The number of ether oxygens (including phenoxy) is 1. The fourth-order valence-electron chi connectivity index (χ4n) is 2.22. The SMILES string of the molecule is Cc1ccc(S(=O)(=O)NCCC(=O)OCC(=O)Nc2cc(Cl)ccc2C)cc1. The molecule has 0 spiro atoms. The number of hydrogen-bond donors (Lipinski definition) is 2. The lowest BCUT2D eigenvalue weighted by molar-refractivity contribution is -0.147. The molecule has 0 atom stereocenters. The van der Waals surface area contributed by atoms with Crippen LogP contribution < -0.4 is 10.0 Å². The van der Waals surface area contributed by atoms with E-state index in [1.807, 2.05) is 6.92 Å². The highest BCUT2D eigenvalue weighted by molar-refractivity contribution is 7.89. The molecule has 7 nitrogen and oxygen atoms in total. The summed E-state index contributed by atoms with van der Waals surface area (Å²) in [6.45, 7) is 3.04. The predicted octanol–water partition coefficient (Wildman–Crippen LogP) is 2.81. The number of rotatable bonds is 8. The average molecular weight is 425 g/mol. The van der Waals surface area contributed by atoms with Gasteiger partial charge in [0.2, 0.25) is 10.0 Å². The number of benzene rings is 2. The van der Waals surface area contributed by atoms with Gasteiger partial charge in [-0.05, 0) is 43.7 Å². The molecule has 0 radical (unpaired) electrons. The number of esters is 1. The molecule has 0 aliphatic heterocycles. The Labute approximate surface area is 169 Å². The quantitative estimate of drug-likeness (QED) is 0.634. The van der Waals surface area contributed by atoms with Crippen LogP contribution in [0.3, 0.4) is 0 Å². The van der Waals surface area contributed by atoms with Crippen molar-refractivity contribution in [1.29, 1.82) is 0 Å². The molecule has 0 bridgehead atoms. The fourth-order valence-corrected chi connectivity index (χ4v) is 3.43. The molecule has 0 aliphatic rings. The molecule has 0 saturated carbocycles. The fraction of sp³-hybridized carbons (Fsp3) is 0.263. The largest absolute Gasteiger partial charge is 0.456 e. The molecule has 2 rings (SSSR count). The zero-order valence-corrected chi connectivity index (χ0v) is 17.1. The van der Waals surface area contributed by atoms with Gasteiger partial charge in [-0.3, -0.25) is 9.59 Å². The van der Waals surface area contributed by atoms with Crippen LogP contribution in [0.15, 0.2) is 47.4 Å². The monoisotopic (exact) mass is 424 g/mol. The minimum atomic E-state index is -3.70. The van der Waals surface area contributed by atoms with Crippen LogP contribution in [0, 0.1) is 13.8 Å². The molecule has 1 amide bonds. The van der Waals surface area contributed by atoms with Crippen molar-refractivity contribution < 1.29 is 22.7 Å². The molecular formula is C19H21ClN2O5S. The van der Waals surface area contributed by atoms with Crippen molar-refractivity contribution in [3.63, 3.8) is 0 Å². The van der Waals surface area contributed by atoms with Crippen molar-refractivity contribution in [3.05, 3.63) is 58.6 Å². The summed E-state index contributed by atoms with van der Waals surface area (Å²) in [4.78, 5) is 23.7. The van der Waals surface area contributed by atoms with E-state index < -0.39 is 28.5 Å². The molecule has 2 aromatic rings. The number of halogens is 1. The Hall–Kier alpha value is -2.42. The second-order valence-electron chi connectivity index (χ2n) is 6.13. The normalized spacial score (nSPS) is 11.1. The Morgan fingerprint density at radius 1 is 1.07 bits per heavy atom. The van der Waals surface area contributed by atoms with E-state index in [9.17, 15) is 18.0 Å². The molecule has 0 unspecified atom stereocenters. The summed E-state index contributed by atoms with van der Waals surface area (Å²) < 4.78 is 31.4. The summed E-state index contributed by atoms with van der Waals surface area (Å²) in [5, 5.41) is 3.07. The third-order valence-corrected chi connectivity index (χ3v) is 5.50. The summed E-state index contributed by atoms with van der Waals surface area (Å²) in [6, 6.07) is 11.4. The van der Waals surface area contributed by atoms with E-state index >= 15 is 0 Å². The second-order valence-corrected chi connectivity index (χ2v) is 8.33. The number of nitrogens with one attached hydrogen (secondary N) is 2. The van der Waals surface area contributed by atoms with Gasteiger partial charge in [-0.15, -0.1) is 0 Å². The van der Waals surface area contributed by atoms with Gasteiger partial charge in [-0.2, -0.15) is 0 Å². The zero-order valence-electron chi connectivity index (χ0n) is 15.5. The van der Waals surface area contributed by atoms with E-state index in [2.05, 4.69) is 10.0 Å². The van der Waals surface area contributed by atoms with E-state index in [-0.39, 0.29) is 17.9 Å². The van der Waals surface area contributed by atoms with Crippen molar-refractivity contribution in [2.24, 2.45) is 0 Å². The third-order valence-electron chi connectivity index (χ3n) is 3.79.